The molecule has 0 bridgehead atoms. The zero-order chi connectivity index (χ0) is 22.0. The Bertz CT molecular complexity index is 1120. The van der Waals surface area contributed by atoms with Crippen LogP contribution in [0.2, 0.25) is 0 Å². The Morgan fingerprint density at radius 2 is 1.84 bits per heavy atom. The van der Waals surface area contributed by atoms with E-state index in [4.69, 9.17) is 5.10 Å². The lowest BCUT2D eigenvalue weighted by atomic mass is 10.00. The first-order valence-electron chi connectivity index (χ1n) is 10.2. The van der Waals surface area contributed by atoms with E-state index in [1.165, 1.54) is 0 Å². The zero-order valence-corrected chi connectivity index (χ0v) is 17.8. The van der Waals surface area contributed by atoms with Gasteiger partial charge >= 0.3 is 0 Å². The predicted octanol–water partition coefficient (Wildman–Crippen LogP) is 2.64. The van der Waals surface area contributed by atoms with E-state index < -0.39 is 6.04 Å². The summed E-state index contributed by atoms with van der Waals surface area (Å²) >= 11 is 0. The topological polar surface area (TPSA) is 104 Å². The van der Waals surface area contributed by atoms with E-state index in [-0.39, 0.29) is 17.7 Å². The number of aryl methyl sites for hydroxylation is 1. The van der Waals surface area contributed by atoms with Gasteiger partial charge < -0.3 is 5.11 Å². The second kappa shape index (κ2) is 8.71. The third-order valence-corrected chi connectivity index (χ3v) is 5.54. The van der Waals surface area contributed by atoms with Crippen LogP contribution in [-0.2, 0) is 4.79 Å². The van der Waals surface area contributed by atoms with Crippen LogP contribution in [0.3, 0.4) is 0 Å². The first-order chi connectivity index (χ1) is 15.0. The molecule has 1 aromatic heterocycles. The molecule has 2 atom stereocenters. The van der Waals surface area contributed by atoms with Crippen LogP contribution in [-0.4, -0.2) is 32.5 Å². The van der Waals surface area contributed by atoms with Crippen LogP contribution in [0.1, 0.15) is 41.9 Å². The summed E-state index contributed by atoms with van der Waals surface area (Å²) in [5.41, 5.74) is 14.1. The van der Waals surface area contributed by atoms with E-state index in [0.717, 1.165) is 22.6 Å². The number of phenols is 1. The van der Waals surface area contributed by atoms with Gasteiger partial charge in [-0.3, -0.25) is 4.79 Å². The number of aromatic hydroxyl groups is 1. The molecule has 0 radical (unpaired) electrons. The highest BCUT2D eigenvalue weighted by Crippen LogP contribution is 2.29. The van der Waals surface area contributed by atoms with Crippen LogP contribution in [0.5, 0.6) is 5.75 Å². The average molecular weight is 419 g/mol. The van der Waals surface area contributed by atoms with Crippen molar-refractivity contribution in [2.75, 3.05) is 0 Å². The van der Waals surface area contributed by atoms with Gasteiger partial charge in [-0.05, 0) is 51.5 Å². The van der Waals surface area contributed by atoms with Crippen molar-refractivity contribution in [2.45, 2.75) is 39.3 Å². The second-order valence-electron chi connectivity index (χ2n) is 7.65. The summed E-state index contributed by atoms with van der Waals surface area (Å²) in [5.74, 6) is -0.115. The molecule has 2 unspecified atom stereocenters. The Morgan fingerprint density at radius 3 is 2.58 bits per heavy atom. The van der Waals surface area contributed by atoms with Crippen molar-refractivity contribution >= 4 is 11.6 Å². The van der Waals surface area contributed by atoms with E-state index in [1.54, 1.807) is 25.1 Å². The highest BCUT2D eigenvalue weighted by atomic mass is 16.3. The minimum atomic E-state index is -0.440. The van der Waals surface area contributed by atoms with Gasteiger partial charge in [0.1, 0.15) is 11.8 Å². The average Bonchev–Trinajstić information content (AvgIpc) is 3.37. The summed E-state index contributed by atoms with van der Waals surface area (Å²) in [6.45, 7) is 5.76. The molecule has 2 heterocycles. The third-order valence-electron chi connectivity index (χ3n) is 5.54. The van der Waals surface area contributed by atoms with Gasteiger partial charge in [0.05, 0.1) is 23.1 Å². The molecular weight excluding hydrogens is 392 g/mol. The minimum Gasteiger partial charge on any atom is -0.507 e. The highest BCUT2D eigenvalue weighted by molar-refractivity contribution is 6.01. The van der Waals surface area contributed by atoms with Crippen LogP contribution >= 0.6 is 0 Å². The molecule has 4 N–H and O–H groups in total. The summed E-state index contributed by atoms with van der Waals surface area (Å²) in [7, 11) is 0. The van der Waals surface area contributed by atoms with Crippen molar-refractivity contribution in [1.29, 1.82) is 0 Å². The molecule has 1 amide bonds. The fourth-order valence-electron chi connectivity index (χ4n) is 3.95. The Hall–Kier alpha value is -3.49. The van der Waals surface area contributed by atoms with Gasteiger partial charge in [0, 0.05) is 16.8 Å². The number of hydrogen-bond acceptors (Lipinski definition) is 6. The summed E-state index contributed by atoms with van der Waals surface area (Å²) < 4.78 is 1.93. The predicted molar refractivity (Wildman–Crippen MR) is 119 cm³/mol. The standard InChI is InChI=1S/C23H26N6O2/c1-14(18-11-7-8-12-21(18)30)24-27-23(31)20-13-19(25-26-20)22-15(2)28-29(16(22)3)17-9-5-4-6-10-17/h4-12,19-20,25-26,30H,13H2,1-3H3,(H,27,31)/b24-14+. The molecule has 31 heavy (non-hydrogen) atoms. The van der Waals surface area contributed by atoms with E-state index in [1.807, 2.05) is 54.9 Å². The monoisotopic (exact) mass is 418 g/mol. The Balaban J connectivity index is 1.45. The van der Waals surface area contributed by atoms with Crippen molar-refractivity contribution < 1.29 is 9.90 Å². The lowest BCUT2D eigenvalue weighted by Crippen LogP contribution is -2.41. The molecule has 1 aliphatic heterocycles. The summed E-state index contributed by atoms with van der Waals surface area (Å²) in [6.07, 6.45) is 0.569. The number of amides is 1. The minimum absolute atomic E-state index is 0.0449. The lowest BCUT2D eigenvalue weighted by Gasteiger charge is -2.11. The molecule has 0 saturated carbocycles. The van der Waals surface area contributed by atoms with Crippen LogP contribution < -0.4 is 16.3 Å². The van der Waals surface area contributed by atoms with E-state index in [0.29, 0.717) is 17.7 Å². The Morgan fingerprint density at radius 1 is 1.13 bits per heavy atom. The second-order valence-corrected chi connectivity index (χ2v) is 7.65. The van der Waals surface area contributed by atoms with Crippen molar-refractivity contribution in [3.8, 4) is 11.4 Å². The normalized spacial score (nSPS) is 18.9. The Kier molecular flexibility index (Phi) is 5.83. The third kappa shape index (κ3) is 4.21. The molecule has 1 aliphatic rings. The molecule has 1 saturated heterocycles. The maximum Gasteiger partial charge on any atom is 0.258 e. The molecule has 8 nitrogen and oxygen atoms in total. The maximum atomic E-state index is 12.6. The number of carbonyl (C=O) groups is 1. The van der Waals surface area contributed by atoms with Crippen molar-refractivity contribution in [3.63, 3.8) is 0 Å². The first kappa shape index (κ1) is 20.8. The fourth-order valence-corrected chi connectivity index (χ4v) is 3.95. The van der Waals surface area contributed by atoms with Gasteiger partial charge in [-0.15, -0.1) is 0 Å². The molecule has 160 valence electrons. The molecule has 4 rings (SSSR count). The van der Waals surface area contributed by atoms with Crippen LogP contribution in [0.15, 0.2) is 59.7 Å². The number of nitrogens with zero attached hydrogens (tertiary/aromatic N) is 3. The zero-order valence-electron chi connectivity index (χ0n) is 17.8. The van der Waals surface area contributed by atoms with Crippen LogP contribution in [0, 0.1) is 13.8 Å². The van der Waals surface area contributed by atoms with Crippen molar-refractivity contribution in [1.82, 2.24) is 26.1 Å². The number of aromatic nitrogens is 2. The molecule has 1 fully saturated rings. The molecule has 0 spiro atoms. The van der Waals surface area contributed by atoms with Gasteiger partial charge in [0.15, 0.2) is 0 Å². The van der Waals surface area contributed by atoms with E-state index in [2.05, 4.69) is 21.4 Å². The number of hydrazine groups is 1. The fraction of sp³-hybridized carbons (Fsp3) is 0.261. The van der Waals surface area contributed by atoms with Crippen molar-refractivity contribution in [2.24, 2.45) is 5.10 Å². The number of rotatable bonds is 5. The number of carbonyl (C=O) groups excluding carboxylic acids is 1. The summed E-state index contributed by atoms with van der Waals surface area (Å²) in [4.78, 5) is 12.6. The molecule has 8 heteroatoms. The molecule has 3 aromatic rings. The quantitative estimate of drug-likeness (QED) is 0.377. The largest absolute Gasteiger partial charge is 0.507 e. The number of para-hydroxylation sites is 2. The molecular formula is C23H26N6O2. The first-order valence-corrected chi connectivity index (χ1v) is 10.2. The number of phenolic OH excluding ortho intramolecular Hbond substituents is 1. The smallest absolute Gasteiger partial charge is 0.258 e. The van der Waals surface area contributed by atoms with Crippen molar-refractivity contribution in [3.05, 3.63) is 77.1 Å². The van der Waals surface area contributed by atoms with Crippen LogP contribution in [0.4, 0.5) is 0 Å². The SMILES string of the molecule is C/C(=N\NC(=O)C1CC(c2c(C)nn(-c3ccccc3)c2C)NN1)c1ccccc1O. The molecule has 2 aromatic carbocycles. The number of benzene rings is 2. The van der Waals surface area contributed by atoms with Gasteiger partial charge in [-0.25, -0.2) is 21.0 Å². The summed E-state index contributed by atoms with van der Waals surface area (Å²) in [5, 5.41) is 18.8. The highest BCUT2D eigenvalue weighted by Gasteiger charge is 2.33. The lowest BCUT2D eigenvalue weighted by molar-refractivity contribution is -0.122. The number of nitrogens with one attached hydrogen (secondary N) is 3. The van der Waals surface area contributed by atoms with Gasteiger partial charge in [-0.1, -0.05) is 30.3 Å². The number of hydrogen-bond donors (Lipinski definition) is 4. The van der Waals surface area contributed by atoms with E-state index >= 15 is 0 Å². The summed E-state index contributed by atoms with van der Waals surface area (Å²) in [6, 6.07) is 16.4. The van der Waals surface area contributed by atoms with Gasteiger partial charge in [0.25, 0.3) is 5.91 Å². The number of hydrazone groups is 1. The van der Waals surface area contributed by atoms with Gasteiger partial charge in [0.2, 0.25) is 0 Å². The van der Waals surface area contributed by atoms with Crippen LogP contribution in [0.25, 0.3) is 5.69 Å². The Labute approximate surface area is 181 Å². The maximum absolute atomic E-state index is 12.6. The molecule has 0 aliphatic carbocycles. The van der Waals surface area contributed by atoms with Gasteiger partial charge in [-0.2, -0.15) is 10.2 Å². The van der Waals surface area contributed by atoms with E-state index in [9.17, 15) is 9.90 Å².